The maximum atomic E-state index is 12.3. The van der Waals surface area contributed by atoms with Gasteiger partial charge in [-0.3, -0.25) is 0 Å². The number of hydrogen-bond acceptors (Lipinski definition) is 6. The Kier molecular flexibility index (Phi) is 4.89. The van der Waals surface area contributed by atoms with Gasteiger partial charge < -0.3 is 20.1 Å². The van der Waals surface area contributed by atoms with Gasteiger partial charge in [0.15, 0.2) is 0 Å². The molecule has 0 fully saturated rings. The molecule has 1 amide bonds. The third kappa shape index (κ3) is 3.60. The van der Waals surface area contributed by atoms with E-state index in [9.17, 15) is 9.59 Å². The minimum Gasteiger partial charge on any atom is -0.462 e. The fourth-order valence-corrected chi connectivity index (χ4v) is 3.82. The Balaban J connectivity index is 2.28. The predicted octanol–water partition coefficient (Wildman–Crippen LogP) is 3.36. The van der Waals surface area contributed by atoms with Crippen LogP contribution in [0.15, 0.2) is 0 Å². The molecule has 128 valence electrons. The Labute approximate surface area is 140 Å². The summed E-state index contributed by atoms with van der Waals surface area (Å²) >= 11 is 1.35. The van der Waals surface area contributed by atoms with Crippen LogP contribution in [0.3, 0.4) is 0 Å². The van der Waals surface area contributed by atoms with Crippen LogP contribution in [0.5, 0.6) is 0 Å². The number of thiophene rings is 1. The quantitative estimate of drug-likeness (QED) is 0.835. The first-order valence-corrected chi connectivity index (χ1v) is 8.55. The number of fused-ring (bicyclic) bond motifs is 1. The highest BCUT2D eigenvalue weighted by atomic mass is 32.1. The van der Waals surface area contributed by atoms with Crippen LogP contribution in [0.25, 0.3) is 0 Å². The number of carbonyl (C=O) groups is 2. The zero-order valence-corrected chi connectivity index (χ0v) is 15.1. The van der Waals surface area contributed by atoms with E-state index in [0.717, 1.165) is 10.4 Å². The number of amides is 1. The lowest BCUT2D eigenvalue weighted by Gasteiger charge is -2.34. The van der Waals surface area contributed by atoms with Gasteiger partial charge in [-0.25, -0.2) is 9.59 Å². The van der Waals surface area contributed by atoms with Gasteiger partial charge in [0.05, 0.1) is 18.2 Å². The molecule has 0 spiro atoms. The fourth-order valence-electron chi connectivity index (χ4n) is 2.65. The average Bonchev–Trinajstić information content (AvgIpc) is 2.74. The van der Waals surface area contributed by atoms with Gasteiger partial charge in [-0.05, 0) is 46.6 Å². The van der Waals surface area contributed by atoms with Crippen LogP contribution >= 0.6 is 11.3 Å². The Morgan fingerprint density at radius 1 is 1.39 bits per heavy atom. The summed E-state index contributed by atoms with van der Waals surface area (Å²) in [6.07, 6.45) is 0.223. The van der Waals surface area contributed by atoms with Crippen LogP contribution in [0.4, 0.5) is 9.80 Å². The van der Waals surface area contributed by atoms with E-state index in [2.05, 4.69) is 0 Å². The van der Waals surface area contributed by atoms with E-state index in [-0.39, 0.29) is 18.1 Å². The molecule has 1 aliphatic rings. The summed E-state index contributed by atoms with van der Waals surface area (Å²) in [6, 6.07) is -0.177. The second kappa shape index (κ2) is 6.39. The largest absolute Gasteiger partial charge is 0.462 e. The number of rotatable bonds is 2. The maximum absolute atomic E-state index is 12.3. The number of esters is 1. The summed E-state index contributed by atoms with van der Waals surface area (Å²) in [5.74, 6) is -0.389. The molecule has 1 aliphatic heterocycles. The molecule has 0 bridgehead atoms. The molecule has 7 heteroatoms. The molecule has 6 nitrogen and oxygen atoms in total. The number of nitrogens with two attached hydrogens (primary N) is 1. The summed E-state index contributed by atoms with van der Waals surface area (Å²) in [5.41, 5.74) is 6.84. The monoisotopic (exact) mass is 340 g/mol. The fraction of sp³-hybridized carbons (Fsp3) is 0.625. The Morgan fingerprint density at radius 3 is 2.61 bits per heavy atom. The van der Waals surface area contributed by atoms with E-state index in [0.29, 0.717) is 30.1 Å². The van der Waals surface area contributed by atoms with Crippen molar-refractivity contribution in [3.63, 3.8) is 0 Å². The average molecular weight is 340 g/mol. The van der Waals surface area contributed by atoms with Crippen LogP contribution in [-0.2, 0) is 15.9 Å². The zero-order valence-electron chi connectivity index (χ0n) is 14.3. The van der Waals surface area contributed by atoms with Crippen LogP contribution in [0.2, 0.25) is 0 Å². The van der Waals surface area contributed by atoms with E-state index in [1.54, 1.807) is 11.8 Å². The zero-order chi connectivity index (χ0) is 17.4. The van der Waals surface area contributed by atoms with Crippen molar-refractivity contribution < 1.29 is 19.1 Å². The van der Waals surface area contributed by atoms with E-state index >= 15 is 0 Å². The SMILES string of the molecule is CCOC(=O)c1c(N)sc2c1CCN(C(=O)OC(C)(C)C)C2C. The maximum Gasteiger partial charge on any atom is 0.410 e. The number of ether oxygens (including phenoxy) is 2. The van der Waals surface area contributed by atoms with Gasteiger partial charge in [-0.2, -0.15) is 0 Å². The lowest BCUT2D eigenvalue weighted by Crippen LogP contribution is -2.41. The molecule has 23 heavy (non-hydrogen) atoms. The van der Waals surface area contributed by atoms with Crippen LogP contribution in [0.1, 0.15) is 61.5 Å². The molecular formula is C16H24N2O4S. The van der Waals surface area contributed by atoms with E-state index < -0.39 is 5.60 Å². The Hall–Kier alpha value is -1.76. The summed E-state index contributed by atoms with van der Waals surface area (Å²) in [6.45, 7) is 10.0. The topological polar surface area (TPSA) is 81.9 Å². The smallest absolute Gasteiger partial charge is 0.410 e. The summed E-state index contributed by atoms with van der Waals surface area (Å²) in [5, 5.41) is 0.450. The normalized spacial score (nSPS) is 17.6. The van der Waals surface area contributed by atoms with Crippen molar-refractivity contribution >= 4 is 28.4 Å². The molecule has 1 atom stereocenters. The number of carbonyl (C=O) groups excluding carboxylic acids is 2. The summed E-state index contributed by atoms with van der Waals surface area (Å²) in [4.78, 5) is 27.1. The first kappa shape index (κ1) is 17.6. The van der Waals surface area contributed by atoms with E-state index in [1.807, 2.05) is 27.7 Å². The van der Waals surface area contributed by atoms with Gasteiger partial charge in [0.2, 0.25) is 0 Å². The van der Waals surface area contributed by atoms with Crippen LogP contribution < -0.4 is 5.73 Å². The molecular weight excluding hydrogens is 316 g/mol. The highest BCUT2D eigenvalue weighted by Crippen LogP contribution is 2.41. The molecule has 0 saturated carbocycles. The molecule has 0 aromatic carbocycles. The van der Waals surface area contributed by atoms with Crippen molar-refractivity contribution in [2.24, 2.45) is 0 Å². The molecule has 1 aromatic rings. The Bertz CT molecular complexity index is 618. The molecule has 0 saturated heterocycles. The molecule has 0 radical (unpaired) electrons. The van der Waals surface area contributed by atoms with Crippen molar-refractivity contribution in [2.75, 3.05) is 18.9 Å². The predicted molar refractivity (Wildman–Crippen MR) is 89.7 cm³/mol. The number of hydrogen-bond donors (Lipinski definition) is 1. The highest BCUT2D eigenvalue weighted by Gasteiger charge is 2.36. The van der Waals surface area contributed by atoms with Gasteiger partial charge in [0.1, 0.15) is 10.6 Å². The number of anilines is 1. The first-order chi connectivity index (χ1) is 10.7. The molecule has 1 aromatic heterocycles. The summed E-state index contributed by atoms with van der Waals surface area (Å²) < 4.78 is 10.5. The molecule has 2 rings (SSSR count). The van der Waals surface area contributed by atoms with Crippen molar-refractivity contribution in [1.29, 1.82) is 0 Å². The lowest BCUT2D eigenvalue weighted by molar-refractivity contribution is 0.0163. The van der Waals surface area contributed by atoms with Crippen molar-refractivity contribution in [2.45, 2.75) is 52.7 Å². The molecule has 0 aliphatic carbocycles. The number of nitrogens with zero attached hydrogens (tertiary/aromatic N) is 1. The Morgan fingerprint density at radius 2 is 2.04 bits per heavy atom. The van der Waals surface area contributed by atoms with E-state index in [4.69, 9.17) is 15.2 Å². The summed E-state index contributed by atoms with van der Waals surface area (Å²) in [7, 11) is 0. The number of nitrogen functional groups attached to an aromatic ring is 1. The second-order valence-corrected chi connectivity index (χ2v) is 7.59. The van der Waals surface area contributed by atoms with Crippen molar-refractivity contribution in [3.05, 3.63) is 16.0 Å². The molecule has 2 heterocycles. The third-order valence-corrected chi connectivity index (χ3v) is 4.85. The molecule has 1 unspecified atom stereocenters. The van der Waals surface area contributed by atoms with Crippen molar-refractivity contribution in [1.82, 2.24) is 4.90 Å². The molecule has 2 N–H and O–H groups in total. The minimum atomic E-state index is -0.540. The lowest BCUT2D eigenvalue weighted by atomic mass is 9.98. The highest BCUT2D eigenvalue weighted by molar-refractivity contribution is 7.16. The van der Waals surface area contributed by atoms with Crippen LogP contribution in [0, 0.1) is 0 Å². The van der Waals surface area contributed by atoms with Gasteiger partial charge in [0.25, 0.3) is 0 Å². The van der Waals surface area contributed by atoms with E-state index in [1.165, 1.54) is 11.3 Å². The van der Waals surface area contributed by atoms with Gasteiger partial charge in [-0.1, -0.05) is 0 Å². The van der Waals surface area contributed by atoms with Gasteiger partial charge >= 0.3 is 12.1 Å². The van der Waals surface area contributed by atoms with Crippen LogP contribution in [-0.4, -0.2) is 35.7 Å². The third-order valence-electron chi connectivity index (χ3n) is 3.62. The minimum absolute atomic E-state index is 0.177. The second-order valence-electron chi connectivity index (χ2n) is 6.50. The standard InChI is InChI=1S/C16H24N2O4S/c1-6-21-14(19)11-10-7-8-18(15(20)22-16(3,4)5)9(2)12(10)23-13(11)17/h9H,6-8,17H2,1-5H3. The van der Waals surface area contributed by atoms with Crippen molar-refractivity contribution in [3.8, 4) is 0 Å². The van der Waals surface area contributed by atoms with Gasteiger partial charge in [0, 0.05) is 11.4 Å². The first-order valence-electron chi connectivity index (χ1n) is 7.73. The van der Waals surface area contributed by atoms with Gasteiger partial charge in [-0.15, -0.1) is 11.3 Å².